The Bertz CT molecular complexity index is 1180. The van der Waals surface area contributed by atoms with Crippen LogP contribution in [-0.2, 0) is 14.3 Å². The van der Waals surface area contributed by atoms with Crippen LogP contribution in [0.2, 0.25) is 0 Å². The van der Waals surface area contributed by atoms with Crippen molar-refractivity contribution in [2.75, 3.05) is 0 Å². The summed E-state index contributed by atoms with van der Waals surface area (Å²) in [6, 6.07) is 5.76. The van der Waals surface area contributed by atoms with Gasteiger partial charge in [-0.05, 0) is 50.3 Å². The number of benzene rings is 1. The van der Waals surface area contributed by atoms with E-state index in [1.165, 1.54) is 6.08 Å². The SMILES string of the molecule is C=CC1C(=O)C(C)(C)[C@@H](O)CC(=O)NC(c2ccc3sc(C)nc3c2)C[C@@H]2O[C@]2(C)CCCC(C)C1O. The number of nitrogens with zero attached hydrogens (tertiary/aromatic N) is 1. The quantitative estimate of drug-likeness (QED) is 0.387. The summed E-state index contributed by atoms with van der Waals surface area (Å²) in [5.74, 6) is -1.60. The van der Waals surface area contributed by atoms with Crippen LogP contribution in [-0.4, -0.2) is 50.8 Å². The molecule has 1 amide bonds. The van der Waals surface area contributed by atoms with Gasteiger partial charge in [-0.15, -0.1) is 17.9 Å². The lowest BCUT2D eigenvalue weighted by Crippen LogP contribution is -2.47. The van der Waals surface area contributed by atoms with Crippen molar-refractivity contribution >= 4 is 33.2 Å². The fourth-order valence-corrected chi connectivity index (χ4v) is 6.36. The van der Waals surface area contributed by atoms with Crippen molar-refractivity contribution in [1.29, 1.82) is 0 Å². The number of aliphatic hydroxyl groups excluding tert-OH is 2. The molecule has 0 saturated carbocycles. The molecule has 0 radical (unpaired) electrons. The Balaban J connectivity index is 1.63. The number of fused-ring (bicyclic) bond motifs is 2. The summed E-state index contributed by atoms with van der Waals surface area (Å²) in [4.78, 5) is 31.2. The number of ether oxygens (including phenoxy) is 1. The van der Waals surface area contributed by atoms with Crippen molar-refractivity contribution in [1.82, 2.24) is 10.3 Å². The minimum absolute atomic E-state index is 0.0114. The van der Waals surface area contributed by atoms with E-state index in [0.29, 0.717) is 6.42 Å². The van der Waals surface area contributed by atoms with Crippen molar-refractivity contribution in [2.45, 2.75) is 96.7 Å². The third-order valence-electron chi connectivity index (χ3n) is 8.43. The van der Waals surface area contributed by atoms with E-state index in [1.807, 2.05) is 32.0 Å². The summed E-state index contributed by atoms with van der Waals surface area (Å²) >= 11 is 1.63. The molecule has 1 aromatic carbocycles. The molecule has 2 aromatic rings. The molecule has 0 spiro atoms. The Morgan fingerprint density at radius 3 is 2.68 bits per heavy atom. The second kappa shape index (κ2) is 10.6. The summed E-state index contributed by atoms with van der Waals surface area (Å²) < 4.78 is 7.23. The molecule has 2 saturated heterocycles. The maximum atomic E-state index is 13.4. The summed E-state index contributed by atoms with van der Waals surface area (Å²) in [7, 11) is 0. The number of carbonyl (C=O) groups excluding carboxylic acids is 2. The van der Waals surface area contributed by atoms with Gasteiger partial charge in [-0.1, -0.05) is 39.3 Å². The predicted molar refractivity (Wildman–Crippen MR) is 145 cm³/mol. The van der Waals surface area contributed by atoms with Gasteiger partial charge in [0, 0.05) is 6.42 Å². The number of Topliss-reactive ketones (excluding diaryl/α,β-unsaturated/α-hetero) is 1. The van der Waals surface area contributed by atoms with Crippen LogP contribution in [0.25, 0.3) is 10.2 Å². The number of aryl methyl sites for hydroxylation is 1. The van der Waals surface area contributed by atoms with E-state index in [-0.39, 0.29) is 41.8 Å². The van der Waals surface area contributed by atoms with Gasteiger partial charge in [0.15, 0.2) is 0 Å². The first-order valence-corrected chi connectivity index (χ1v) is 14.0. The van der Waals surface area contributed by atoms with Gasteiger partial charge in [-0.25, -0.2) is 4.98 Å². The van der Waals surface area contributed by atoms with Crippen LogP contribution < -0.4 is 5.32 Å². The van der Waals surface area contributed by atoms with Gasteiger partial charge in [0.25, 0.3) is 0 Å². The molecule has 1 aromatic heterocycles. The van der Waals surface area contributed by atoms with E-state index in [9.17, 15) is 19.8 Å². The number of ketones is 1. The number of hydrogen-bond donors (Lipinski definition) is 3. The highest BCUT2D eigenvalue weighted by molar-refractivity contribution is 7.18. The van der Waals surface area contributed by atoms with Crippen LogP contribution in [0.5, 0.6) is 0 Å². The summed E-state index contributed by atoms with van der Waals surface area (Å²) in [5.41, 5.74) is 0.314. The lowest BCUT2D eigenvalue weighted by atomic mass is 9.72. The third kappa shape index (κ3) is 5.82. The molecule has 0 bridgehead atoms. The lowest BCUT2D eigenvalue weighted by Gasteiger charge is -2.35. The predicted octanol–water partition coefficient (Wildman–Crippen LogP) is 4.64. The van der Waals surface area contributed by atoms with Crippen molar-refractivity contribution in [3.05, 3.63) is 41.4 Å². The number of epoxide rings is 1. The molecule has 2 fully saturated rings. The highest BCUT2D eigenvalue weighted by Crippen LogP contribution is 2.46. The zero-order valence-electron chi connectivity index (χ0n) is 22.5. The Hall–Kier alpha value is -2.13. The molecule has 4 unspecified atom stereocenters. The maximum absolute atomic E-state index is 13.4. The molecular formula is C29H40N2O5S. The second-order valence-corrected chi connectivity index (χ2v) is 12.9. The third-order valence-corrected chi connectivity index (χ3v) is 9.38. The number of amides is 1. The molecule has 202 valence electrons. The van der Waals surface area contributed by atoms with Gasteiger partial charge < -0.3 is 20.3 Å². The molecule has 2 aliphatic heterocycles. The van der Waals surface area contributed by atoms with Crippen molar-refractivity contribution in [2.24, 2.45) is 17.3 Å². The normalized spacial score (nSPS) is 35.5. The first-order valence-electron chi connectivity index (χ1n) is 13.2. The van der Waals surface area contributed by atoms with Gasteiger partial charge >= 0.3 is 0 Å². The molecule has 7 nitrogen and oxygen atoms in total. The van der Waals surface area contributed by atoms with Crippen molar-refractivity contribution in [3.8, 4) is 0 Å². The number of rotatable bonds is 2. The van der Waals surface area contributed by atoms with Gasteiger partial charge in [0.2, 0.25) is 5.91 Å². The van der Waals surface area contributed by atoms with Gasteiger partial charge in [0.05, 0.1) is 62.9 Å². The van der Waals surface area contributed by atoms with E-state index in [0.717, 1.165) is 40.1 Å². The zero-order chi connectivity index (χ0) is 27.1. The fraction of sp³-hybridized carbons (Fsp3) is 0.621. The topological polar surface area (TPSA) is 112 Å². The molecule has 8 heteroatoms. The van der Waals surface area contributed by atoms with Gasteiger partial charge in [0.1, 0.15) is 5.78 Å². The average Bonchev–Trinajstić information content (AvgIpc) is 3.30. The van der Waals surface area contributed by atoms with Gasteiger partial charge in [-0.2, -0.15) is 0 Å². The highest BCUT2D eigenvalue weighted by atomic mass is 32.1. The number of nitrogens with one attached hydrogen (secondary N) is 1. The first-order chi connectivity index (χ1) is 17.4. The number of carbonyl (C=O) groups is 2. The number of thiazole rings is 1. The minimum atomic E-state index is -1.24. The summed E-state index contributed by atoms with van der Waals surface area (Å²) in [6.07, 6.45) is 2.12. The zero-order valence-corrected chi connectivity index (χ0v) is 23.3. The Kier molecular flexibility index (Phi) is 7.96. The smallest absolute Gasteiger partial charge is 0.223 e. The summed E-state index contributed by atoms with van der Waals surface area (Å²) in [5, 5.41) is 26.1. The largest absolute Gasteiger partial charge is 0.392 e. The molecule has 4 rings (SSSR count). The molecular weight excluding hydrogens is 488 g/mol. The molecule has 2 aliphatic rings. The molecule has 37 heavy (non-hydrogen) atoms. The average molecular weight is 529 g/mol. The van der Waals surface area contributed by atoms with E-state index in [4.69, 9.17) is 4.74 Å². The van der Waals surface area contributed by atoms with E-state index in [1.54, 1.807) is 25.2 Å². The van der Waals surface area contributed by atoms with Crippen LogP contribution in [0.4, 0.5) is 0 Å². The van der Waals surface area contributed by atoms with Crippen LogP contribution in [0, 0.1) is 24.2 Å². The highest BCUT2D eigenvalue weighted by Gasteiger charge is 2.52. The fourth-order valence-electron chi connectivity index (χ4n) is 5.56. The molecule has 3 N–H and O–H groups in total. The Morgan fingerprint density at radius 1 is 1.24 bits per heavy atom. The number of aromatic nitrogens is 1. The van der Waals surface area contributed by atoms with Crippen LogP contribution in [0.3, 0.4) is 0 Å². The molecule has 0 aliphatic carbocycles. The second-order valence-electron chi connectivity index (χ2n) is 11.7. The van der Waals surface area contributed by atoms with Crippen LogP contribution in [0.15, 0.2) is 30.9 Å². The van der Waals surface area contributed by atoms with E-state index < -0.39 is 23.5 Å². The van der Waals surface area contributed by atoms with Crippen LogP contribution >= 0.6 is 11.3 Å². The summed E-state index contributed by atoms with van der Waals surface area (Å²) in [6.45, 7) is 13.0. The lowest BCUT2D eigenvalue weighted by molar-refractivity contribution is -0.141. The first kappa shape index (κ1) is 27.9. The number of hydrogen-bond acceptors (Lipinski definition) is 7. The van der Waals surface area contributed by atoms with E-state index in [2.05, 4.69) is 23.8 Å². The standard InChI is InChI=1S/C29H40N2O5S/c1-7-19-26(34)16(2)9-8-12-29(6)24(36-29)14-20(18-10-11-22-21(13-18)30-17(3)37-22)31-25(33)15-23(32)28(4,5)27(19)35/h7,10-11,13,16,19-20,23-24,26,32,34H,1,8-9,12,14-15H2,2-6H3,(H,31,33)/t16?,19?,20?,23-,24-,26?,29+/m0/s1. The minimum Gasteiger partial charge on any atom is -0.392 e. The Labute approximate surface area is 223 Å². The van der Waals surface area contributed by atoms with Crippen LogP contribution in [0.1, 0.15) is 76.4 Å². The monoisotopic (exact) mass is 528 g/mol. The molecule has 3 heterocycles. The van der Waals surface area contributed by atoms with Crippen molar-refractivity contribution < 1.29 is 24.5 Å². The maximum Gasteiger partial charge on any atom is 0.223 e. The van der Waals surface area contributed by atoms with Gasteiger partial charge in [-0.3, -0.25) is 9.59 Å². The number of aliphatic hydroxyl groups is 2. The molecule has 7 atom stereocenters. The van der Waals surface area contributed by atoms with Crippen molar-refractivity contribution in [3.63, 3.8) is 0 Å². The Morgan fingerprint density at radius 2 is 1.97 bits per heavy atom. The van der Waals surface area contributed by atoms with E-state index >= 15 is 0 Å².